The lowest BCUT2D eigenvalue weighted by atomic mass is 9.99. The van der Waals surface area contributed by atoms with E-state index < -0.39 is 49.4 Å². The summed E-state index contributed by atoms with van der Waals surface area (Å²) in [6, 6.07) is 0. The molecule has 1 rings (SSSR count). The van der Waals surface area contributed by atoms with E-state index in [-0.39, 0.29) is 32.0 Å². The Morgan fingerprint density at radius 2 is 1.13 bits per heavy atom. The number of unbranched alkanes of at least 4 members (excludes halogenated alkanes) is 17. The summed E-state index contributed by atoms with van der Waals surface area (Å²) in [5.41, 5.74) is 0. The summed E-state index contributed by atoms with van der Waals surface area (Å²) in [5, 5.41) is 39.8. The van der Waals surface area contributed by atoms with Gasteiger partial charge >= 0.3 is 11.9 Å². The van der Waals surface area contributed by atoms with Crippen LogP contribution >= 0.6 is 0 Å². The Hall–Kier alpha value is -1.56. The van der Waals surface area contributed by atoms with E-state index in [1.54, 1.807) is 0 Å². The van der Waals surface area contributed by atoms with Crippen molar-refractivity contribution in [3.05, 3.63) is 12.2 Å². The van der Waals surface area contributed by atoms with Crippen LogP contribution in [0.15, 0.2) is 12.2 Å². The van der Waals surface area contributed by atoms with Crippen LogP contribution in [0, 0.1) is 0 Å². The highest BCUT2D eigenvalue weighted by Gasteiger charge is 2.44. The Bertz CT molecular complexity index is 789. The maximum atomic E-state index is 12.6. The molecule has 10 nitrogen and oxygen atoms in total. The number of ether oxygens (including phenoxy) is 4. The number of aliphatic hydroxyl groups is 4. The molecule has 0 aromatic carbocycles. The van der Waals surface area contributed by atoms with E-state index >= 15 is 0 Å². The molecular formula is C37H68O10. The van der Waals surface area contributed by atoms with Gasteiger partial charge in [0.15, 0.2) is 12.4 Å². The summed E-state index contributed by atoms with van der Waals surface area (Å²) in [6.07, 6.45) is 19.6. The smallest absolute Gasteiger partial charge is 0.306 e. The van der Waals surface area contributed by atoms with Crippen LogP contribution < -0.4 is 0 Å². The van der Waals surface area contributed by atoms with Crippen LogP contribution in [-0.4, -0.2) is 89.0 Å². The lowest BCUT2D eigenvalue weighted by Crippen LogP contribution is -2.59. The minimum absolute atomic E-state index is 0.213. The monoisotopic (exact) mass is 672 g/mol. The summed E-state index contributed by atoms with van der Waals surface area (Å²) in [7, 11) is 0. The summed E-state index contributed by atoms with van der Waals surface area (Å²) in [4.78, 5) is 25.0. The van der Waals surface area contributed by atoms with E-state index in [0.717, 1.165) is 51.4 Å². The van der Waals surface area contributed by atoms with Crippen LogP contribution in [0.2, 0.25) is 0 Å². The van der Waals surface area contributed by atoms with Crippen LogP contribution in [0.3, 0.4) is 0 Å². The third-order valence-corrected chi connectivity index (χ3v) is 8.65. The molecule has 0 saturated carbocycles. The third-order valence-electron chi connectivity index (χ3n) is 8.65. The number of carbonyl (C=O) groups is 2. The van der Waals surface area contributed by atoms with Crippen LogP contribution in [0.25, 0.3) is 0 Å². The predicted molar refractivity (Wildman–Crippen MR) is 183 cm³/mol. The second kappa shape index (κ2) is 29.4. The van der Waals surface area contributed by atoms with Gasteiger partial charge in [0.05, 0.1) is 13.2 Å². The molecule has 0 aromatic rings. The highest BCUT2D eigenvalue weighted by atomic mass is 16.7. The molecule has 0 radical (unpaired) electrons. The van der Waals surface area contributed by atoms with Crippen LogP contribution in [0.5, 0.6) is 0 Å². The minimum atomic E-state index is -1.59. The van der Waals surface area contributed by atoms with Crippen molar-refractivity contribution in [2.24, 2.45) is 0 Å². The molecule has 6 atom stereocenters. The number of carbonyl (C=O) groups excluding carboxylic acids is 2. The molecule has 2 unspecified atom stereocenters. The van der Waals surface area contributed by atoms with Gasteiger partial charge in [-0.2, -0.15) is 0 Å². The Morgan fingerprint density at radius 3 is 1.68 bits per heavy atom. The van der Waals surface area contributed by atoms with Crippen molar-refractivity contribution < 1.29 is 49.0 Å². The molecule has 4 N–H and O–H groups in total. The van der Waals surface area contributed by atoms with Crippen LogP contribution in [-0.2, 0) is 28.5 Å². The Labute approximate surface area is 284 Å². The van der Waals surface area contributed by atoms with E-state index in [9.17, 15) is 30.0 Å². The molecule has 1 fully saturated rings. The number of esters is 2. The summed E-state index contributed by atoms with van der Waals surface area (Å²) in [6.45, 7) is 3.34. The van der Waals surface area contributed by atoms with Crippen molar-refractivity contribution >= 4 is 11.9 Å². The molecule has 0 bridgehead atoms. The highest BCUT2D eigenvalue weighted by molar-refractivity contribution is 5.70. The van der Waals surface area contributed by atoms with Gasteiger partial charge < -0.3 is 39.4 Å². The minimum Gasteiger partial charge on any atom is -0.462 e. The number of aliphatic hydroxyl groups excluding tert-OH is 4. The standard InChI is InChI=1S/C37H68O10/c1-3-5-7-9-11-12-13-14-15-16-17-18-20-22-24-26-33(40)46-30(28-44-32(39)25-23-21-19-10-8-6-4-2)29-45-37-36(43)35(42)34(41)31(27-38)47-37/h16-17,30-31,34-38,41-43H,3-15,18-29H2,1-2H3/b17-16+/t30-,31+,34-,35?,36?,37+/m1/s1. The Balaban J connectivity index is 2.40. The fraction of sp³-hybridized carbons (Fsp3) is 0.892. The second-order valence-corrected chi connectivity index (χ2v) is 13.0. The molecule has 0 aromatic heterocycles. The van der Waals surface area contributed by atoms with Gasteiger partial charge in [-0.05, 0) is 38.5 Å². The Morgan fingerprint density at radius 1 is 0.638 bits per heavy atom. The molecular weight excluding hydrogens is 604 g/mol. The van der Waals surface area contributed by atoms with Crippen molar-refractivity contribution in [3.8, 4) is 0 Å². The molecule has 1 aliphatic rings. The lowest BCUT2D eigenvalue weighted by Gasteiger charge is -2.39. The fourth-order valence-electron chi connectivity index (χ4n) is 5.59. The van der Waals surface area contributed by atoms with Gasteiger partial charge in [-0.15, -0.1) is 0 Å². The zero-order valence-electron chi connectivity index (χ0n) is 29.5. The Kier molecular flexibility index (Phi) is 27.2. The maximum Gasteiger partial charge on any atom is 0.306 e. The zero-order valence-corrected chi connectivity index (χ0v) is 29.5. The molecule has 10 heteroatoms. The number of hydrogen-bond donors (Lipinski definition) is 4. The molecule has 0 amide bonds. The normalized spacial score (nSPS) is 22.0. The van der Waals surface area contributed by atoms with Gasteiger partial charge in [-0.1, -0.05) is 116 Å². The molecule has 1 saturated heterocycles. The third kappa shape index (κ3) is 21.9. The van der Waals surface area contributed by atoms with Crippen molar-refractivity contribution in [1.82, 2.24) is 0 Å². The van der Waals surface area contributed by atoms with Gasteiger partial charge in [0.2, 0.25) is 0 Å². The number of hydrogen-bond acceptors (Lipinski definition) is 10. The summed E-state index contributed by atoms with van der Waals surface area (Å²) in [5.74, 6) is -0.830. The predicted octanol–water partition coefficient (Wildman–Crippen LogP) is 6.44. The van der Waals surface area contributed by atoms with Gasteiger partial charge in [-0.3, -0.25) is 9.59 Å². The van der Waals surface area contributed by atoms with Crippen molar-refractivity contribution in [2.75, 3.05) is 19.8 Å². The topological polar surface area (TPSA) is 152 Å². The van der Waals surface area contributed by atoms with E-state index in [4.69, 9.17) is 18.9 Å². The van der Waals surface area contributed by atoms with Gasteiger partial charge in [0.1, 0.15) is 31.0 Å². The van der Waals surface area contributed by atoms with E-state index in [2.05, 4.69) is 26.0 Å². The van der Waals surface area contributed by atoms with Crippen molar-refractivity contribution in [3.63, 3.8) is 0 Å². The summed E-state index contributed by atoms with van der Waals surface area (Å²) >= 11 is 0. The molecule has 1 heterocycles. The van der Waals surface area contributed by atoms with Gasteiger partial charge in [-0.25, -0.2) is 0 Å². The van der Waals surface area contributed by atoms with E-state index in [0.29, 0.717) is 6.42 Å². The average Bonchev–Trinajstić information content (AvgIpc) is 3.06. The first kappa shape index (κ1) is 43.5. The average molecular weight is 673 g/mol. The number of rotatable bonds is 30. The summed E-state index contributed by atoms with van der Waals surface area (Å²) < 4.78 is 21.9. The first-order valence-corrected chi connectivity index (χ1v) is 18.8. The molecule has 47 heavy (non-hydrogen) atoms. The first-order chi connectivity index (χ1) is 22.8. The van der Waals surface area contributed by atoms with Gasteiger partial charge in [0, 0.05) is 12.8 Å². The molecule has 0 aliphatic carbocycles. The van der Waals surface area contributed by atoms with Crippen molar-refractivity contribution in [2.45, 2.75) is 192 Å². The van der Waals surface area contributed by atoms with E-state index in [1.165, 1.54) is 70.6 Å². The van der Waals surface area contributed by atoms with Crippen LogP contribution in [0.4, 0.5) is 0 Å². The van der Waals surface area contributed by atoms with Gasteiger partial charge in [0.25, 0.3) is 0 Å². The molecule has 0 spiro atoms. The van der Waals surface area contributed by atoms with Crippen LogP contribution in [0.1, 0.15) is 155 Å². The largest absolute Gasteiger partial charge is 0.462 e. The van der Waals surface area contributed by atoms with Crippen molar-refractivity contribution in [1.29, 1.82) is 0 Å². The number of allylic oxidation sites excluding steroid dienone is 2. The maximum absolute atomic E-state index is 12.6. The fourth-order valence-corrected chi connectivity index (χ4v) is 5.59. The zero-order chi connectivity index (χ0) is 34.5. The highest BCUT2D eigenvalue weighted by Crippen LogP contribution is 2.22. The van der Waals surface area contributed by atoms with E-state index in [1.807, 2.05) is 0 Å². The molecule has 1 aliphatic heterocycles. The lowest BCUT2D eigenvalue weighted by molar-refractivity contribution is -0.305. The molecule has 276 valence electrons. The SMILES string of the molecule is CCCCCCCCCC/C=C/CCCCCC(=O)O[C@H](COC(=O)CCCCCCCCC)CO[C@H]1O[C@@H](CO)[C@@H](O)C(O)C1O. The second-order valence-electron chi connectivity index (χ2n) is 13.0. The quantitative estimate of drug-likeness (QED) is 0.0381. The first-order valence-electron chi connectivity index (χ1n) is 18.8.